The normalized spacial score (nSPS) is 20.7. The minimum atomic E-state index is 0.552. The van der Waals surface area contributed by atoms with Crippen LogP contribution in [0.3, 0.4) is 0 Å². The van der Waals surface area contributed by atoms with Crippen LogP contribution in [0.25, 0.3) is 4.83 Å². The summed E-state index contributed by atoms with van der Waals surface area (Å²) in [5.74, 6) is 1.10. The summed E-state index contributed by atoms with van der Waals surface area (Å²) in [5, 5.41) is 0.552. The lowest BCUT2D eigenvalue weighted by Crippen LogP contribution is -2.23. The maximum Gasteiger partial charge on any atom is 0.123 e. The van der Waals surface area contributed by atoms with Crippen molar-refractivity contribution < 1.29 is 4.18 Å². The quantitative estimate of drug-likeness (QED) is 0.597. The molecule has 0 aliphatic carbocycles. The molecule has 2 aromatic rings. The predicted molar refractivity (Wildman–Crippen MR) is 105 cm³/mol. The third kappa shape index (κ3) is 4.08. The summed E-state index contributed by atoms with van der Waals surface area (Å²) >= 11 is 3.26. The predicted octanol–water partition coefficient (Wildman–Crippen LogP) is 4.35. The zero-order valence-electron chi connectivity index (χ0n) is 15.4. The molecule has 2 atom stereocenters. The molecule has 0 saturated carbocycles. The average molecular weight is 366 g/mol. The summed E-state index contributed by atoms with van der Waals surface area (Å²) < 4.78 is 7.11. The SMILES string of the molecule is C#COSC1CC(CC)N(C)C1.Cc1sc2c(C)nc(C)n2c1C. The van der Waals surface area contributed by atoms with Crippen molar-refractivity contribution in [2.45, 2.75) is 58.8 Å². The van der Waals surface area contributed by atoms with Crippen LogP contribution in [0.2, 0.25) is 0 Å². The topological polar surface area (TPSA) is 29.8 Å². The Bertz CT molecular complexity index is 729. The van der Waals surface area contributed by atoms with Crippen LogP contribution < -0.4 is 0 Å². The molecule has 4 nitrogen and oxygen atoms in total. The fourth-order valence-corrected chi connectivity index (χ4v) is 5.08. The Balaban J connectivity index is 0.000000174. The number of terminal acetylenes is 1. The zero-order chi connectivity index (χ0) is 17.9. The molecule has 0 N–H and O–H groups in total. The third-order valence-corrected chi connectivity index (χ3v) is 6.69. The lowest BCUT2D eigenvalue weighted by atomic mass is 10.2. The number of likely N-dealkylation sites (tertiary alicyclic amines) is 1. The van der Waals surface area contributed by atoms with E-state index in [2.05, 4.69) is 62.1 Å². The molecule has 1 aliphatic rings. The standard InChI is InChI=1S/C9H12N2S.C9H15NOS/c1-5-9-11(8(4)10-5)6(2)7(3)12-9;1-4-8-6-9(7-10(8)3)12-11-5-2/h1-4H3;2,8-9H,4,6-7H2,1,3H3. The highest BCUT2D eigenvalue weighted by atomic mass is 32.2. The second-order valence-corrected chi connectivity index (χ2v) is 8.51. The largest absolute Gasteiger partial charge is 0.375 e. The van der Waals surface area contributed by atoms with E-state index < -0.39 is 0 Å². The maximum absolute atomic E-state index is 5.00. The van der Waals surface area contributed by atoms with Gasteiger partial charge in [-0.05, 0) is 47.6 Å². The highest BCUT2D eigenvalue weighted by molar-refractivity contribution is 7.95. The first-order valence-electron chi connectivity index (χ1n) is 8.28. The lowest BCUT2D eigenvalue weighted by molar-refractivity contribution is 0.304. The Kier molecular flexibility index (Phi) is 6.62. The fraction of sp³-hybridized carbons (Fsp3) is 0.611. The third-order valence-electron chi connectivity index (χ3n) is 4.61. The Morgan fingerprint density at radius 2 is 2.08 bits per heavy atom. The summed E-state index contributed by atoms with van der Waals surface area (Å²) in [7, 11) is 2.16. The molecular formula is C18H27N3OS2. The van der Waals surface area contributed by atoms with Gasteiger partial charge in [0.2, 0.25) is 0 Å². The maximum atomic E-state index is 5.00. The molecule has 0 radical (unpaired) electrons. The van der Waals surface area contributed by atoms with Gasteiger partial charge in [0.1, 0.15) is 16.8 Å². The Labute approximate surface area is 153 Å². The molecule has 2 unspecified atom stereocenters. The van der Waals surface area contributed by atoms with E-state index in [1.807, 2.05) is 11.3 Å². The number of hydrogen-bond acceptors (Lipinski definition) is 5. The molecule has 6 heteroatoms. The number of thiazole rings is 1. The Hall–Kier alpha value is -1.16. The van der Waals surface area contributed by atoms with Gasteiger partial charge in [-0.25, -0.2) is 4.98 Å². The molecule has 2 aromatic heterocycles. The molecule has 0 bridgehead atoms. The average Bonchev–Trinajstić information content (AvgIpc) is 3.14. The van der Waals surface area contributed by atoms with Gasteiger partial charge in [-0.2, -0.15) is 0 Å². The number of aromatic nitrogens is 2. The monoisotopic (exact) mass is 365 g/mol. The minimum absolute atomic E-state index is 0.552. The van der Waals surface area contributed by atoms with Crippen molar-refractivity contribution in [3.8, 4) is 12.5 Å². The summed E-state index contributed by atoms with van der Waals surface area (Å²) in [4.78, 5) is 9.48. The van der Waals surface area contributed by atoms with Gasteiger partial charge in [0.25, 0.3) is 0 Å². The molecule has 3 heterocycles. The first-order chi connectivity index (χ1) is 11.4. The van der Waals surface area contributed by atoms with Crippen LogP contribution in [0, 0.1) is 40.2 Å². The number of imidazole rings is 1. The van der Waals surface area contributed by atoms with E-state index in [0.717, 1.165) is 18.1 Å². The summed E-state index contributed by atoms with van der Waals surface area (Å²) in [6.07, 6.45) is 9.59. The van der Waals surface area contributed by atoms with E-state index >= 15 is 0 Å². The van der Waals surface area contributed by atoms with Crippen molar-refractivity contribution in [3.63, 3.8) is 0 Å². The van der Waals surface area contributed by atoms with E-state index in [4.69, 9.17) is 10.6 Å². The molecule has 132 valence electrons. The molecule has 1 saturated heterocycles. The van der Waals surface area contributed by atoms with Crippen molar-refractivity contribution in [1.82, 2.24) is 14.3 Å². The van der Waals surface area contributed by atoms with Crippen molar-refractivity contribution in [1.29, 1.82) is 0 Å². The molecule has 1 aliphatic heterocycles. The van der Waals surface area contributed by atoms with Crippen molar-refractivity contribution in [2.75, 3.05) is 13.6 Å². The van der Waals surface area contributed by atoms with E-state index in [1.54, 1.807) is 0 Å². The minimum Gasteiger partial charge on any atom is -0.375 e. The molecular weight excluding hydrogens is 338 g/mol. The van der Waals surface area contributed by atoms with E-state index in [9.17, 15) is 0 Å². The number of hydrogen-bond donors (Lipinski definition) is 0. The van der Waals surface area contributed by atoms with Gasteiger partial charge < -0.3 is 9.08 Å². The molecule has 3 rings (SSSR count). The Morgan fingerprint density at radius 3 is 2.62 bits per heavy atom. The Morgan fingerprint density at radius 1 is 1.38 bits per heavy atom. The van der Waals surface area contributed by atoms with Gasteiger partial charge >= 0.3 is 0 Å². The van der Waals surface area contributed by atoms with Crippen LogP contribution in [0.5, 0.6) is 0 Å². The van der Waals surface area contributed by atoms with Crippen LogP contribution >= 0.6 is 23.4 Å². The molecule has 24 heavy (non-hydrogen) atoms. The van der Waals surface area contributed by atoms with Crippen LogP contribution in [-0.4, -0.2) is 39.2 Å². The molecule has 0 amide bonds. The number of rotatable bonds is 3. The van der Waals surface area contributed by atoms with Gasteiger partial charge in [-0.1, -0.05) is 13.3 Å². The first kappa shape index (κ1) is 19.2. The molecule has 1 fully saturated rings. The molecule has 0 spiro atoms. The second kappa shape index (κ2) is 8.28. The summed E-state index contributed by atoms with van der Waals surface area (Å²) in [6, 6.07) is 0.712. The van der Waals surface area contributed by atoms with Gasteiger partial charge in [-0.3, -0.25) is 4.40 Å². The van der Waals surface area contributed by atoms with E-state index in [-0.39, 0.29) is 0 Å². The van der Waals surface area contributed by atoms with Gasteiger partial charge in [0.05, 0.1) is 23.0 Å². The number of fused-ring (bicyclic) bond motifs is 1. The van der Waals surface area contributed by atoms with Crippen LogP contribution in [0.15, 0.2) is 0 Å². The summed E-state index contributed by atoms with van der Waals surface area (Å²) in [6.45, 7) is 11.7. The highest BCUT2D eigenvalue weighted by Crippen LogP contribution is 2.28. The van der Waals surface area contributed by atoms with Crippen LogP contribution in [0.1, 0.15) is 41.9 Å². The molecule has 0 aromatic carbocycles. The lowest BCUT2D eigenvalue weighted by Gasteiger charge is -2.15. The van der Waals surface area contributed by atoms with Crippen LogP contribution in [-0.2, 0) is 4.18 Å². The van der Waals surface area contributed by atoms with Crippen molar-refractivity contribution in [2.24, 2.45) is 0 Å². The summed E-state index contributed by atoms with van der Waals surface area (Å²) in [5.41, 5.74) is 2.47. The van der Waals surface area contributed by atoms with Crippen molar-refractivity contribution in [3.05, 3.63) is 22.1 Å². The van der Waals surface area contributed by atoms with Crippen LogP contribution in [0.4, 0.5) is 0 Å². The van der Waals surface area contributed by atoms with E-state index in [1.165, 1.54) is 40.3 Å². The van der Waals surface area contributed by atoms with Gasteiger partial charge in [0, 0.05) is 23.2 Å². The zero-order valence-corrected chi connectivity index (χ0v) is 17.1. The number of aryl methyl sites for hydroxylation is 4. The first-order valence-corrected chi connectivity index (χ1v) is 9.90. The highest BCUT2D eigenvalue weighted by Gasteiger charge is 2.29. The van der Waals surface area contributed by atoms with Gasteiger partial charge in [-0.15, -0.1) is 11.3 Å². The smallest absolute Gasteiger partial charge is 0.123 e. The fourth-order valence-electron chi connectivity index (χ4n) is 3.21. The van der Waals surface area contributed by atoms with Crippen molar-refractivity contribution >= 4 is 28.2 Å². The van der Waals surface area contributed by atoms with Gasteiger partial charge in [0.15, 0.2) is 0 Å². The van der Waals surface area contributed by atoms with E-state index in [0.29, 0.717) is 11.3 Å². The second-order valence-electron chi connectivity index (χ2n) is 6.29. The number of nitrogens with zero attached hydrogens (tertiary/aromatic N) is 3.